The first-order valence-corrected chi connectivity index (χ1v) is 10.4. The minimum absolute atomic E-state index is 0.0156. The molecule has 1 fully saturated rings. The van der Waals surface area contributed by atoms with E-state index in [1.165, 1.54) is 0 Å². The van der Waals surface area contributed by atoms with Crippen molar-refractivity contribution in [3.05, 3.63) is 65.7 Å². The Morgan fingerprint density at radius 3 is 2.37 bits per heavy atom. The second-order valence-electron chi connectivity index (χ2n) is 7.74. The van der Waals surface area contributed by atoms with E-state index in [0.29, 0.717) is 37.4 Å². The first-order chi connectivity index (χ1) is 14.5. The van der Waals surface area contributed by atoms with Gasteiger partial charge in [0.25, 0.3) is 0 Å². The molecule has 3 rings (SSSR count). The zero-order valence-corrected chi connectivity index (χ0v) is 17.8. The summed E-state index contributed by atoms with van der Waals surface area (Å²) in [5, 5.41) is 0. The third kappa shape index (κ3) is 5.50. The van der Waals surface area contributed by atoms with Crippen molar-refractivity contribution in [2.24, 2.45) is 5.92 Å². The van der Waals surface area contributed by atoms with Gasteiger partial charge in [0.2, 0.25) is 5.91 Å². The van der Waals surface area contributed by atoms with E-state index >= 15 is 0 Å². The topological polar surface area (TPSA) is 55.8 Å². The van der Waals surface area contributed by atoms with Gasteiger partial charge in [-0.2, -0.15) is 0 Å². The average molecular weight is 408 g/mol. The molecule has 1 aliphatic rings. The van der Waals surface area contributed by atoms with Gasteiger partial charge in [-0.15, -0.1) is 0 Å². The van der Waals surface area contributed by atoms with Crippen LogP contribution in [0.15, 0.2) is 54.6 Å². The highest BCUT2D eigenvalue weighted by Crippen LogP contribution is 2.29. The smallest absolute Gasteiger partial charge is 0.246 e. The lowest BCUT2D eigenvalue weighted by molar-refractivity contribution is -0.127. The highest BCUT2D eigenvalue weighted by atomic mass is 16.5. The van der Waals surface area contributed by atoms with Crippen LogP contribution < -0.4 is 9.47 Å². The Bertz CT molecular complexity index is 897. The number of ether oxygens (including phenoxy) is 2. The molecule has 30 heavy (non-hydrogen) atoms. The molecule has 0 N–H and O–H groups in total. The summed E-state index contributed by atoms with van der Waals surface area (Å²) in [6, 6.07) is 15.0. The standard InChI is InChI=1S/C25H29NO4/c1-18(2)30-22-11-9-19(17-23(22)29-3)10-12-24(27)26-15-13-21(14-16-26)25(28)20-7-5-4-6-8-20/h4-12,17-18,21H,13-16H2,1-3H3. The highest BCUT2D eigenvalue weighted by molar-refractivity contribution is 5.98. The molecule has 0 aromatic heterocycles. The van der Waals surface area contributed by atoms with Crippen molar-refractivity contribution in [2.75, 3.05) is 20.2 Å². The fourth-order valence-corrected chi connectivity index (χ4v) is 3.61. The van der Waals surface area contributed by atoms with Gasteiger partial charge in [0.15, 0.2) is 17.3 Å². The largest absolute Gasteiger partial charge is 0.493 e. The molecule has 2 aromatic carbocycles. The fraction of sp³-hybridized carbons (Fsp3) is 0.360. The van der Waals surface area contributed by atoms with Gasteiger partial charge in [-0.05, 0) is 50.5 Å². The molecule has 158 valence electrons. The number of methoxy groups -OCH3 is 1. The number of likely N-dealkylation sites (tertiary alicyclic amines) is 1. The molecular weight excluding hydrogens is 378 g/mol. The normalized spacial score (nSPS) is 14.9. The first kappa shape index (κ1) is 21.6. The molecule has 1 heterocycles. The molecule has 1 saturated heterocycles. The average Bonchev–Trinajstić information content (AvgIpc) is 2.78. The molecule has 1 aliphatic heterocycles. The van der Waals surface area contributed by atoms with E-state index in [4.69, 9.17) is 9.47 Å². The molecule has 0 unspecified atom stereocenters. The maximum Gasteiger partial charge on any atom is 0.246 e. The van der Waals surface area contributed by atoms with E-state index < -0.39 is 0 Å². The van der Waals surface area contributed by atoms with Gasteiger partial charge in [0.05, 0.1) is 13.2 Å². The summed E-state index contributed by atoms with van der Waals surface area (Å²) in [5.74, 6) is 1.44. The van der Waals surface area contributed by atoms with Crippen LogP contribution in [-0.2, 0) is 4.79 Å². The third-order valence-corrected chi connectivity index (χ3v) is 5.20. The Hall–Kier alpha value is -3.08. The van der Waals surface area contributed by atoms with Crippen molar-refractivity contribution in [2.45, 2.75) is 32.8 Å². The summed E-state index contributed by atoms with van der Waals surface area (Å²) in [7, 11) is 1.60. The van der Waals surface area contributed by atoms with E-state index in [1.54, 1.807) is 24.2 Å². The number of carbonyl (C=O) groups excluding carboxylic acids is 2. The van der Waals surface area contributed by atoms with Gasteiger partial charge in [0.1, 0.15) is 0 Å². The summed E-state index contributed by atoms with van der Waals surface area (Å²) in [4.78, 5) is 27.0. The monoisotopic (exact) mass is 407 g/mol. The number of carbonyl (C=O) groups is 2. The van der Waals surface area contributed by atoms with Crippen LogP contribution in [-0.4, -0.2) is 42.9 Å². The van der Waals surface area contributed by atoms with Crippen LogP contribution in [0.3, 0.4) is 0 Å². The predicted molar refractivity (Wildman–Crippen MR) is 118 cm³/mol. The van der Waals surface area contributed by atoms with Crippen LogP contribution in [0.2, 0.25) is 0 Å². The van der Waals surface area contributed by atoms with Gasteiger partial charge in [0, 0.05) is 30.6 Å². The molecule has 0 saturated carbocycles. The van der Waals surface area contributed by atoms with E-state index in [0.717, 1.165) is 11.1 Å². The molecule has 0 spiro atoms. The van der Waals surface area contributed by atoms with Gasteiger partial charge in [-0.1, -0.05) is 36.4 Å². The lowest BCUT2D eigenvalue weighted by atomic mass is 9.89. The van der Waals surface area contributed by atoms with Crippen molar-refractivity contribution in [1.82, 2.24) is 4.90 Å². The summed E-state index contributed by atoms with van der Waals surface area (Å²) in [6.07, 6.45) is 4.81. The number of amides is 1. The number of piperidine rings is 1. The van der Waals surface area contributed by atoms with Crippen LogP contribution in [0.4, 0.5) is 0 Å². The number of ketones is 1. The number of hydrogen-bond donors (Lipinski definition) is 0. The molecule has 2 aromatic rings. The number of hydrogen-bond acceptors (Lipinski definition) is 4. The zero-order valence-electron chi connectivity index (χ0n) is 17.8. The maximum atomic E-state index is 12.6. The molecule has 0 aliphatic carbocycles. The molecular formula is C25H29NO4. The number of rotatable bonds is 7. The Kier molecular flexibility index (Phi) is 7.28. The predicted octanol–water partition coefficient (Wildman–Crippen LogP) is 4.62. The minimum Gasteiger partial charge on any atom is -0.493 e. The lowest BCUT2D eigenvalue weighted by Gasteiger charge is -2.30. The first-order valence-electron chi connectivity index (χ1n) is 10.4. The number of benzene rings is 2. The molecule has 0 radical (unpaired) electrons. The summed E-state index contributed by atoms with van der Waals surface area (Å²) < 4.78 is 11.1. The number of nitrogens with zero attached hydrogens (tertiary/aromatic N) is 1. The van der Waals surface area contributed by atoms with Crippen molar-refractivity contribution >= 4 is 17.8 Å². The zero-order chi connectivity index (χ0) is 21.5. The van der Waals surface area contributed by atoms with Crippen LogP contribution in [0.25, 0.3) is 6.08 Å². The van der Waals surface area contributed by atoms with Crippen LogP contribution >= 0.6 is 0 Å². The van der Waals surface area contributed by atoms with Crippen molar-refractivity contribution in [3.63, 3.8) is 0 Å². The maximum absolute atomic E-state index is 12.6. The Labute approximate surface area is 178 Å². The molecule has 5 heteroatoms. The van der Waals surface area contributed by atoms with Crippen LogP contribution in [0.5, 0.6) is 11.5 Å². The van der Waals surface area contributed by atoms with Crippen LogP contribution in [0, 0.1) is 5.92 Å². The quantitative estimate of drug-likeness (QED) is 0.497. The summed E-state index contributed by atoms with van der Waals surface area (Å²) >= 11 is 0. The van der Waals surface area contributed by atoms with E-state index in [1.807, 2.05) is 62.4 Å². The van der Waals surface area contributed by atoms with E-state index in [9.17, 15) is 9.59 Å². The minimum atomic E-state index is -0.0397. The van der Waals surface area contributed by atoms with Gasteiger partial charge < -0.3 is 14.4 Å². The fourth-order valence-electron chi connectivity index (χ4n) is 3.61. The Balaban J connectivity index is 1.57. The SMILES string of the molecule is COc1cc(C=CC(=O)N2CCC(C(=O)c3ccccc3)CC2)ccc1OC(C)C. The van der Waals surface area contributed by atoms with Crippen molar-refractivity contribution in [1.29, 1.82) is 0 Å². The molecule has 5 nitrogen and oxygen atoms in total. The highest BCUT2D eigenvalue weighted by Gasteiger charge is 2.27. The van der Waals surface area contributed by atoms with Crippen LogP contribution in [0.1, 0.15) is 42.6 Å². The van der Waals surface area contributed by atoms with Crippen molar-refractivity contribution < 1.29 is 19.1 Å². The second kappa shape index (κ2) is 10.1. The van der Waals surface area contributed by atoms with E-state index in [-0.39, 0.29) is 23.7 Å². The Morgan fingerprint density at radius 2 is 1.73 bits per heavy atom. The van der Waals surface area contributed by atoms with E-state index in [2.05, 4.69) is 0 Å². The third-order valence-electron chi connectivity index (χ3n) is 5.20. The lowest BCUT2D eigenvalue weighted by Crippen LogP contribution is -2.39. The van der Waals surface area contributed by atoms with Crippen molar-refractivity contribution in [3.8, 4) is 11.5 Å². The number of Topliss-reactive ketones (excluding diaryl/α,β-unsaturated/α-hetero) is 1. The summed E-state index contributed by atoms with van der Waals surface area (Å²) in [5.41, 5.74) is 1.62. The van der Waals surface area contributed by atoms with Gasteiger partial charge >= 0.3 is 0 Å². The molecule has 1 amide bonds. The second-order valence-corrected chi connectivity index (χ2v) is 7.74. The van der Waals surface area contributed by atoms with Gasteiger partial charge in [-0.25, -0.2) is 0 Å². The van der Waals surface area contributed by atoms with Gasteiger partial charge in [-0.3, -0.25) is 9.59 Å². The molecule has 0 atom stereocenters. The molecule has 0 bridgehead atoms. The summed E-state index contributed by atoms with van der Waals surface area (Å²) in [6.45, 7) is 5.11. The Morgan fingerprint density at radius 1 is 1.03 bits per heavy atom.